The van der Waals surface area contributed by atoms with Crippen LogP contribution < -0.4 is 16.4 Å². The standard InChI is InChI=1S/C17H14IN3O3/c1-10-6-7-11(8-14(10)18)19-15(22)9-21-17(24)13-5-3-2-4-12(13)16(23)20-21/h2-8H,9H2,1H3,(H,19,22)(H,20,23). The first kappa shape index (κ1) is 16.4. The zero-order chi connectivity index (χ0) is 17.3. The lowest BCUT2D eigenvalue weighted by Crippen LogP contribution is -2.34. The minimum atomic E-state index is -0.404. The Morgan fingerprint density at radius 2 is 1.88 bits per heavy atom. The second-order valence-electron chi connectivity index (χ2n) is 5.39. The summed E-state index contributed by atoms with van der Waals surface area (Å²) in [6.45, 7) is 1.72. The van der Waals surface area contributed by atoms with Crippen LogP contribution in [-0.2, 0) is 11.3 Å². The average Bonchev–Trinajstić information content (AvgIpc) is 2.56. The van der Waals surface area contributed by atoms with E-state index in [1.54, 1.807) is 30.3 Å². The van der Waals surface area contributed by atoms with Crippen molar-refractivity contribution in [1.29, 1.82) is 0 Å². The van der Waals surface area contributed by atoms with Crippen LogP contribution in [0.2, 0.25) is 0 Å². The maximum atomic E-state index is 12.4. The van der Waals surface area contributed by atoms with Crippen molar-refractivity contribution in [2.75, 3.05) is 5.32 Å². The number of rotatable bonds is 3. The fourth-order valence-corrected chi connectivity index (χ4v) is 2.89. The molecule has 0 bridgehead atoms. The first-order chi connectivity index (χ1) is 11.5. The largest absolute Gasteiger partial charge is 0.324 e. The number of hydrogen-bond acceptors (Lipinski definition) is 3. The van der Waals surface area contributed by atoms with Gasteiger partial charge >= 0.3 is 0 Å². The number of carbonyl (C=O) groups excluding carboxylic acids is 1. The molecule has 1 aromatic heterocycles. The third kappa shape index (κ3) is 3.25. The van der Waals surface area contributed by atoms with Crippen molar-refractivity contribution in [1.82, 2.24) is 9.78 Å². The fraction of sp³-hybridized carbons (Fsp3) is 0.118. The highest BCUT2D eigenvalue weighted by atomic mass is 127. The normalized spacial score (nSPS) is 10.8. The van der Waals surface area contributed by atoms with Crippen LogP contribution in [0, 0.1) is 10.5 Å². The van der Waals surface area contributed by atoms with Crippen LogP contribution in [0.4, 0.5) is 5.69 Å². The minimum absolute atomic E-state index is 0.261. The number of aromatic amines is 1. The zero-order valence-electron chi connectivity index (χ0n) is 12.8. The van der Waals surface area contributed by atoms with Crippen molar-refractivity contribution in [2.45, 2.75) is 13.5 Å². The molecule has 24 heavy (non-hydrogen) atoms. The second kappa shape index (κ2) is 6.60. The lowest BCUT2D eigenvalue weighted by molar-refractivity contribution is -0.117. The summed E-state index contributed by atoms with van der Waals surface area (Å²) in [5.41, 5.74) is 0.955. The monoisotopic (exact) mass is 435 g/mol. The predicted molar refractivity (Wildman–Crippen MR) is 101 cm³/mol. The van der Waals surface area contributed by atoms with Gasteiger partial charge in [-0.15, -0.1) is 0 Å². The van der Waals surface area contributed by atoms with Crippen molar-refractivity contribution in [2.24, 2.45) is 0 Å². The summed E-state index contributed by atoms with van der Waals surface area (Å²) in [6, 6.07) is 12.1. The number of hydrogen-bond donors (Lipinski definition) is 2. The number of aryl methyl sites for hydroxylation is 1. The van der Waals surface area contributed by atoms with Crippen molar-refractivity contribution in [3.8, 4) is 0 Å². The Kier molecular flexibility index (Phi) is 4.52. The number of halogens is 1. The molecule has 6 nitrogen and oxygen atoms in total. The maximum Gasteiger partial charge on any atom is 0.273 e. The molecule has 3 rings (SSSR count). The summed E-state index contributed by atoms with van der Waals surface area (Å²) in [5.74, 6) is -0.386. The molecule has 1 amide bonds. The molecular formula is C17H14IN3O3. The van der Waals surface area contributed by atoms with E-state index in [-0.39, 0.29) is 12.5 Å². The molecule has 7 heteroatoms. The molecule has 0 aliphatic heterocycles. The molecule has 0 saturated heterocycles. The van der Waals surface area contributed by atoms with Crippen LogP contribution in [0.15, 0.2) is 52.1 Å². The van der Waals surface area contributed by atoms with Gasteiger partial charge in [-0.3, -0.25) is 19.5 Å². The number of carbonyl (C=O) groups is 1. The molecule has 2 aromatic carbocycles. The molecule has 0 fully saturated rings. The van der Waals surface area contributed by atoms with E-state index in [0.29, 0.717) is 16.5 Å². The van der Waals surface area contributed by atoms with E-state index >= 15 is 0 Å². The Labute approximate surface area is 150 Å². The number of aromatic nitrogens is 2. The van der Waals surface area contributed by atoms with E-state index in [9.17, 15) is 14.4 Å². The maximum absolute atomic E-state index is 12.4. The van der Waals surface area contributed by atoms with Gasteiger partial charge in [-0.25, -0.2) is 4.68 Å². The van der Waals surface area contributed by atoms with Gasteiger partial charge in [0.05, 0.1) is 10.8 Å². The van der Waals surface area contributed by atoms with E-state index in [0.717, 1.165) is 13.8 Å². The first-order valence-electron chi connectivity index (χ1n) is 7.23. The summed E-state index contributed by atoms with van der Waals surface area (Å²) in [5, 5.41) is 5.77. The number of fused-ring (bicyclic) bond motifs is 1. The highest BCUT2D eigenvalue weighted by Gasteiger charge is 2.10. The lowest BCUT2D eigenvalue weighted by atomic mass is 10.2. The second-order valence-corrected chi connectivity index (χ2v) is 6.55. The number of nitrogens with zero attached hydrogens (tertiary/aromatic N) is 1. The summed E-state index contributed by atoms with van der Waals surface area (Å²) in [7, 11) is 0. The van der Waals surface area contributed by atoms with Crippen LogP contribution in [0.25, 0.3) is 10.8 Å². The van der Waals surface area contributed by atoms with Gasteiger partial charge in [0.2, 0.25) is 5.91 Å². The lowest BCUT2D eigenvalue weighted by Gasteiger charge is -2.09. The topological polar surface area (TPSA) is 84.0 Å². The number of benzene rings is 2. The molecular weight excluding hydrogens is 421 g/mol. The van der Waals surface area contributed by atoms with E-state index in [1.165, 1.54) is 0 Å². The number of anilines is 1. The fourth-order valence-electron chi connectivity index (χ4n) is 2.37. The molecule has 0 aliphatic carbocycles. The molecule has 0 aliphatic rings. The summed E-state index contributed by atoms with van der Waals surface area (Å²) in [4.78, 5) is 36.6. The van der Waals surface area contributed by atoms with Crippen LogP contribution in [-0.4, -0.2) is 15.7 Å². The molecule has 0 saturated carbocycles. The molecule has 0 atom stereocenters. The summed E-state index contributed by atoms with van der Waals surface area (Å²) in [6.07, 6.45) is 0. The van der Waals surface area contributed by atoms with Crippen molar-refractivity contribution in [3.63, 3.8) is 0 Å². The zero-order valence-corrected chi connectivity index (χ0v) is 15.0. The smallest absolute Gasteiger partial charge is 0.273 e. The third-order valence-electron chi connectivity index (χ3n) is 3.64. The Hall–Kier alpha value is -2.42. The van der Waals surface area contributed by atoms with Gasteiger partial charge in [0, 0.05) is 9.26 Å². The summed E-state index contributed by atoms with van der Waals surface area (Å²) < 4.78 is 2.06. The van der Waals surface area contributed by atoms with Crippen LogP contribution in [0.1, 0.15) is 5.56 Å². The molecule has 122 valence electrons. The SMILES string of the molecule is Cc1ccc(NC(=O)Cn2[nH]c(=O)c3ccccc3c2=O)cc1I. The van der Waals surface area contributed by atoms with Gasteiger partial charge in [-0.2, -0.15) is 0 Å². The van der Waals surface area contributed by atoms with Gasteiger partial charge in [-0.05, 0) is 59.3 Å². The highest BCUT2D eigenvalue weighted by Crippen LogP contribution is 2.17. The molecule has 0 radical (unpaired) electrons. The molecule has 0 unspecified atom stereocenters. The van der Waals surface area contributed by atoms with E-state index in [4.69, 9.17) is 0 Å². The number of nitrogens with one attached hydrogen (secondary N) is 2. The quantitative estimate of drug-likeness (QED) is 0.620. The molecule has 1 heterocycles. The van der Waals surface area contributed by atoms with Gasteiger partial charge in [0.15, 0.2) is 0 Å². The highest BCUT2D eigenvalue weighted by molar-refractivity contribution is 14.1. The average molecular weight is 435 g/mol. The van der Waals surface area contributed by atoms with Gasteiger partial charge in [0.25, 0.3) is 11.1 Å². The first-order valence-corrected chi connectivity index (χ1v) is 8.31. The van der Waals surface area contributed by atoms with Gasteiger partial charge < -0.3 is 5.32 Å². The van der Waals surface area contributed by atoms with Crippen molar-refractivity contribution >= 4 is 45.0 Å². The number of H-pyrrole nitrogens is 1. The van der Waals surface area contributed by atoms with E-state index in [2.05, 4.69) is 33.0 Å². The number of amides is 1. The van der Waals surface area contributed by atoms with Crippen LogP contribution in [0.3, 0.4) is 0 Å². The Balaban J connectivity index is 1.88. The summed E-state index contributed by atoms with van der Waals surface area (Å²) >= 11 is 2.19. The Morgan fingerprint density at radius 1 is 1.17 bits per heavy atom. The Morgan fingerprint density at radius 3 is 2.58 bits per heavy atom. The van der Waals surface area contributed by atoms with Crippen LogP contribution in [0.5, 0.6) is 0 Å². The van der Waals surface area contributed by atoms with E-state index in [1.807, 2.05) is 19.1 Å². The van der Waals surface area contributed by atoms with Crippen molar-refractivity contribution < 1.29 is 4.79 Å². The minimum Gasteiger partial charge on any atom is -0.324 e. The van der Waals surface area contributed by atoms with Gasteiger partial charge in [-0.1, -0.05) is 18.2 Å². The van der Waals surface area contributed by atoms with E-state index < -0.39 is 11.1 Å². The third-order valence-corrected chi connectivity index (χ3v) is 4.80. The molecule has 2 N–H and O–H groups in total. The predicted octanol–water partition coefficient (Wildman–Crippen LogP) is 2.24. The molecule has 3 aromatic rings. The Bertz CT molecular complexity index is 1050. The van der Waals surface area contributed by atoms with Gasteiger partial charge in [0.1, 0.15) is 6.54 Å². The van der Waals surface area contributed by atoms with Crippen molar-refractivity contribution in [3.05, 3.63) is 72.3 Å². The van der Waals surface area contributed by atoms with Crippen LogP contribution >= 0.6 is 22.6 Å². The molecule has 0 spiro atoms.